The van der Waals surface area contributed by atoms with Gasteiger partial charge in [-0.25, -0.2) is 0 Å². The zero-order chi connectivity index (χ0) is 15.5. The molecule has 0 aliphatic carbocycles. The van der Waals surface area contributed by atoms with Crippen LogP contribution in [0.5, 0.6) is 0 Å². The van der Waals surface area contributed by atoms with Crippen LogP contribution in [0.4, 0.5) is 0 Å². The van der Waals surface area contributed by atoms with Crippen LogP contribution in [0.3, 0.4) is 0 Å². The molecule has 0 amide bonds. The van der Waals surface area contributed by atoms with Crippen molar-refractivity contribution >= 4 is 24.3 Å². The lowest BCUT2D eigenvalue weighted by atomic mass is 9.89. The Kier molecular flexibility index (Phi) is 5.91. The van der Waals surface area contributed by atoms with Crippen molar-refractivity contribution in [3.05, 3.63) is 34.9 Å². The smallest absolute Gasteiger partial charge is 0.182 e. The van der Waals surface area contributed by atoms with Crippen LogP contribution in [-0.2, 0) is 17.1 Å². The van der Waals surface area contributed by atoms with Crippen molar-refractivity contribution in [2.24, 2.45) is 0 Å². The molecule has 0 saturated carbocycles. The highest BCUT2D eigenvalue weighted by atomic mass is 31.0. The first-order chi connectivity index (χ1) is 10.0. The first-order valence-electron chi connectivity index (χ1n) is 7.40. The Morgan fingerprint density at radius 2 is 1.81 bits per heavy atom. The molecule has 0 aromatic heterocycles. The third kappa shape index (κ3) is 3.71. The molecule has 2 unspecified atom stereocenters. The van der Waals surface area contributed by atoms with Crippen LogP contribution in [-0.4, -0.2) is 42.5 Å². The molecule has 1 aromatic rings. The van der Waals surface area contributed by atoms with E-state index in [0.717, 1.165) is 31.0 Å². The predicted octanol–water partition coefficient (Wildman–Crippen LogP) is 2.73. The number of rotatable bonds is 5. The van der Waals surface area contributed by atoms with E-state index in [1.807, 2.05) is 19.9 Å². The van der Waals surface area contributed by atoms with Crippen molar-refractivity contribution in [2.45, 2.75) is 31.7 Å². The molecule has 1 saturated heterocycles. The molecule has 21 heavy (non-hydrogen) atoms. The summed E-state index contributed by atoms with van der Waals surface area (Å²) in [6.45, 7) is 7.09. The highest BCUT2D eigenvalue weighted by Gasteiger charge is 2.36. The number of benzene rings is 1. The number of ketones is 1. The molecule has 1 aliphatic rings. The van der Waals surface area contributed by atoms with Crippen molar-refractivity contribution in [3.8, 4) is 0 Å². The first kappa shape index (κ1) is 17.0. The van der Waals surface area contributed by atoms with Crippen LogP contribution in [0.2, 0.25) is 0 Å². The van der Waals surface area contributed by atoms with Gasteiger partial charge in [0.15, 0.2) is 5.78 Å². The molecule has 2 rings (SSSR count). The lowest BCUT2D eigenvalue weighted by Gasteiger charge is -2.39. The Morgan fingerprint density at radius 3 is 2.38 bits per heavy atom. The average molecular weight is 325 g/mol. The fourth-order valence-corrected chi connectivity index (χ4v) is 3.55. The molecule has 0 bridgehead atoms. The van der Waals surface area contributed by atoms with Crippen LogP contribution in [0.15, 0.2) is 18.2 Å². The molecule has 0 radical (unpaired) electrons. The van der Waals surface area contributed by atoms with Gasteiger partial charge >= 0.3 is 0 Å². The highest BCUT2D eigenvalue weighted by molar-refractivity contribution is 7.16. The van der Waals surface area contributed by atoms with Crippen LogP contribution in [0, 0.1) is 0 Å². The zero-order valence-corrected chi connectivity index (χ0v) is 15.2. The first-order valence-corrected chi connectivity index (χ1v) is 9.03. The number of morpholine rings is 1. The molecule has 5 heteroatoms. The summed E-state index contributed by atoms with van der Waals surface area (Å²) in [6.07, 6.45) is 1.80. The topological polar surface area (TPSA) is 29.5 Å². The summed E-state index contributed by atoms with van der Waals surface area (Å²) < 4.78 is 5.39. The average Bonchev–Trinajstić information content (AvgIpc) is 2.54. The molecule has 116 valence electrons. The Hall–Kier alpha value is -0.330. The maximum Gasteiger partial charge on any atom is 0.182 e. The fraction of sp³-hybridized carbons (Fsp3) is 0.562. The Bertz CT molecular complexity index is 511. The van der Waals surface area contributed by atoms with Crippen LogP contribution in [0.1, 0.15) is 35.3 Å². The van der Waals surface area contributed by atoms with Gasteiger partial charge < -0.3 is 4.74 Å². The van der Waals surface area contributed by atoms with Gasteiger partial charge in [-0.15, -0.1) is 18.5 Å². The number of carbonyl (C=O) groups is 1. The lowest BCUT2D eigenvalue weighted by Crippen LogP contribution is -2.54. The van der Waals surface area contributed by atoms with Crippen LogP contribution >= 0.6 is 18.5 Å². The van der Waals surface area contributed by atoms with Crippen molar-refractivity contribution < 1.29 is 9.53 Å². The third-order valence-corrected chi connectivity index (χ3v) is 5.15. The van der Waals surface area contributed by atoms with E-state index in [0.29, 0.717) is 13.2 Å². The normalized spacial score (nSPS) is 17.0. The molecule has 2 atom stereocenters. The van der Waals surface area contributed by atoms with Crippen molar-refractivity contribution in [1.82, 2.24) is 4.90 Å². The molecule has 1 heterocycles. The second-order valence-electron chi connectivity index (χ2n) is 5.88. The van der Waals surface area contributed by atoms with E-state index in [1.54, 1.807) is 0 Å². The molecule has 1 aromatic carbocycles. The van der Waals surface area contributed by atoms with E-state index in [-0.39, 0.29) is 5.78 Å². The lowest BCUT2D eigenvalue weighted by molar-refractivity contribution is -0.00430. The summed E-state index contributed by atoms with van der Waals surface area (Å²) in [4.78, 5) is 15.2. The highest BCUT2D eigenvalue weighted by Crippen LogP contribution is 2.25. The number of hydrogen-bond donors (Lipinski definition) is 0. The quantitative estimate of drug-likeness (QED) is 0.616. The molecule has 1 aliphatic heterocycles. The monoisotopic (exact) mass is 325 g/mol. The van der Waals surface area contributed by atoms with Gasteiger partial charge in [-0.3, -0.25) is 9.69 Å². The summed E-state index contributed by atoms with van der Waals surface area (Å²) in [5.74, 6) is 0.194. The van der Waals surface area contributed by atoms with E-state index in [2.05, 4.69) is 35.5 Å². The molecule has 3 nitrogen and oxygen atoms in total. The number of ether oxygens (including phenoxy) is 1. The number of carbonyl (C=O) groups excluding carboxylic acids is 1. The summed E-state index contributed by atoms with van der Waals surface area (Å²) in [5, 5.41) is 0. The van der Waals surface area contributed by atoms with E-state index < -0.39 is 5.54 Å². The Balaban J connectivity index is 2.25. The van der Waals surface area contributed by atoms with Gasteiger partial charge in [-0.1, -0.05) is 12.1 Å². The van der Waals surface area contributed by atoms with Gasteiger partial charge in [0, 0.05) is 18.7 Å². The number of Topliss-reactive ketones (excluding diaryl/α,β-unsaturated/α-hetero) is 1. The van der Waals surface area contributed by atoms with E-state index in [4.69, 9.17) is 4.74 Å². The summed E-state index contributed by atoms with van der Waals surface area (Å²) in [7, 11) is 5.50. The summed E-state index contributed by atoms with van der Waals surface area (Å²) >= 11 is 0. The summed E-state index contributed by atoms with van der Waals surface area (Å²) in [5.41, 5.74) is 2.85. The van der Waals surface area contributed by atoms with Gasteiger partial charge in [0.05, 0.1) is 18.8 Å². The molecule has 0 N–H and O–H groups in total. The van der Waals surface area contributed by atoms with Gasteiger partial charge in [0.1, 0.15) is 0 Å². The van der Waals surface area contributed by atoms with Gasteiger partial charge in [-0.2, -0.15) is 0 Å². The van der Waals surface area contributed by atoms with Crippen molar-refractivity contribution in [1.29, 1.82) is 0 Å². The van der Waals surface area contributed by atoms with Crippen molar-refractivity contribution in [2.75, 3.05) is 26.3 Å². The largest absolute Gasteiger partial charge is 0.379 e. The fourth-order valence-electron chi connectivity index (χ4n) is 2.78. The summed E-state index contributed by atoms with van der Waals surface area (Å²) in [6, 6.07) is 6.10. The molecular weight excluding hydrogens is 300 g/mol. The second kappa shape index (κ2) is 7.29. The molecule has 0 spiro atoms. The maximum absolute atomic E-state index is 12.9. The zero-order valence-electron chi connectivity index (χ0n) is 12.9. The van der Waals surface area contributed by atoms with Crippen molar-refractivity contribution in [3.63, 3.8) is 0 Å². The maximum atomic E-state index is 12.9. The van der Waals surface area contributed by atoms with E-state index >= 15 is 0 Å². The molecule has 1 fully saturated rings. The SMILES string of the molecule is CC(C)(C(=O)c1ccc(CP)c(CP)c1)N1CCOCC1. The minimum Gasteiger partial charge on any atom is -0.379 e. The van der Waals surface area contributed by atoms with E-state index in [9.17, 15) is 4.79 Å². The third-order valence-electron chi connectivity index (χ3n) is 4.27. The van der Waals surface area contributed by atoms with Crippen LogP contribution < -0.4 is 0 Å². The predicted molar refractivity (Wildman–Crippen MR) is 94.1 cm³/mol. The molecular formula is C16H25NO2P2. The standard InChI is InChI=1S/C16H25NO2P2/c1-16(2,17-5-7-19-8-6-17)15(18)12-3-4-13(10-20)14(9-12)11-21/h3-4,9H,5-8,10-11,20-21H2,1-2H3. The van der Waals surface area contributed by atoms with Gasteiger partial charge in [-0.05, 0) is 43.4 Å². The van der Waals surface area contributed by atoms with Gasteiger partial charge in [0.2, 0.25) is 0 Å². The van der Waals surface area contributed by atoms with Gasteiger partial charge in [0.25, 0.3) is 0 Å². The van der Waals surface area contributed by atoms with E-state index in [1.165, 1.54) is 11.1 Å². The Labute approximate surface area is 132 Å². The second-order valence-corrected chi connectivity index (χ2v) is 6.70. The number of hydrogen-bond acceptors (Lipinski definition) is 3. The minimum atomic E-state index is -0.482. The number of nitrogens with zero attached hydrogens (tertiary/aromatic N) is 1. The minimum absolute atomic E-state index is 0.194. The van der Waals surface area contributed by atoms with Crippen LogP contribution in [0.25, 0.3) is 0 Å². The Morgan fingerprint density at radius 1 is 1.19 bits per heavy atom.